The van der Waals surface area contributed by atoms with Gasteiger partial charge in [0.15, 0.2) is 0 Å². The predicted molar refractivity (Wildman–Crippen MR) is 71.1 cm³/mol. The molecule has 6 heteroatoms. The van der Waals surface area contributed by atoms with E-state index >= 15 is 0 Å². The maximum atomic E-state index is 11.1. The van der Waals surface area contributed by atoms with E-state index in [0.29, 0.717) is 6.61 Å². The number of nitrogens with two attached hydrogens (primary N) is 1. The van der Waals surface area contributed by atoms with Crippen molar-refractivity contribution in [2.45, 2.75) is 50.8 Å². The van der Waals surface area contributed by atoms with Crippen LogP contribution in [-0.2, 0) is 14.4 Å². The molecule has 0 aromatic carbocycles. The first-order chi connectivity index (χ1) is 9.09. The van der Waals surface area contributed by atoms with Gasteiger partial charge < -0.3 is 20.6 Å². The van der Waals surface area contributed by atoms with Crippen LogP contribution >= 0.6 is 0 Å². The maximum Gasteiger partial charge on any atom is 0.322 e. The van der Waals surface area contributed by atoms with Crippen molar-refractivity contribution in [2.24, 2.45) is 5.73 Å². The van der Waals surface area contributed by atoms with Crippen molar-refractivity contribution in [1.82, 2.24) is 10.4 Å². The van der Waals surface area contributed by atoms with Crippen LogP contribution in [-0.4, -0.2) is 49.0 Å². The maximum absolute atomic E-state index is 11.1. The zero-order chi connectivity index (χ0) is 13.7. The third-order valence-corrected chi connectivity index (χ3v) is 3.81. The van der Waals surface area contributed by atoms with Gasteiger partial charge in [-0.25, -0.2) is 0 Å². The molecule has 0 bridgehead atoms. The summed E-state index contributed by atoms with van der Waals surface area (Å²) in [6, 6.07) is 0. The van der Waals surface area contributed by atoms with Crippen LogP contribution in [0.4, 0.5) is 0 Å². The van der Waals surface area contributed by atoms with Crippen LogP contribution in [0.2, 0.25) is 0 Å². The minimum atomic E-state index is -0.292. The quantitative estimate of drug-likeness (QED) is 0.769. The lowest BCUT2D eigenvalue weighted by Crippen LogP contribution is -2.54. The van der Waals surface area contributed by atoms with Gasteiger partial charge in [0.1, 0.15) is 6.23 Å². The Morgan fingerprint density at radius 2 is 2.16 bits per heavy atom. The van der Waals surface area contributed by atoms with Crippen LogP contribution in [0.1, 0.15) is 39.0 Å². The molecular weight excluding hydrogens is 246 g/mol. The Morgan fingerprint density at radius 1 is 1.42 bits per heavy atom. The van der Waals surface area contributed by atoms with E-state index in [1.165, 1.54) is 6.92 Å². The summed E-state index contributed by atoms with van der Waals surface area (Å²) >= 11 is 0. The monoisotopic (exact) mass is 271 g/mol. The van der Waals surface area contributed by atoms with Gasteiger partial charge in [0.2, 0.25) is 0 Å². The van der Waals surface area contributed by atoms with Gasteiger partial charge >= 0.3 is 5.97 Å². The number of hydrogen-bond donors (Lipinski definition) is 2. The lowest BCUT2D eigenvalue weighted by atomic mass is 9.90. The molecule has 0 spiro atoms. The van der Waals surface area contributed by atoms with Crippen LogP contribution in [0.15, 0.2) is 0 Å². The fourth-order valence-corrected chi connectivity index (χ4v) is 2.64. The van der Waals surface area contributed by atoms with E-state index < -0.39 is 0 Å². The van der Waals surface area contributed by atoms with Crippen LogP contribution in [0.3, 0.4) is 0 Å². The van der Waals surface area contributed by atoms with Gasteiger partial charge in [-0.1, -0.05) is 0 Å². The molecule has 3 N–H and O–H groups in total. The number of carbonyl (C=O) groups is 1. The first-order valence-electron chi connectivity index (χ1n) is 7.15. The topological polar surface area (TPSA) is 76.8 Å². The molecule has 1 unspecified atom stereocenters. The second kappa shape index (κ2) is 6.65. The van der Waals surface area contributed by atoms with Gasteiger partial charge in [-0.2, -0.15) is 0 Å². The highest BCUT2D eigenvalue weighted by Crippen LogP contribution is 2.22. The van der Waals surface area contributed by atoms with Gasteiger partial charge in [0.05, 0.1) is 6.61 Å². The Labute approximate surface area is 114 Å². The summed E-state index contributed by atoms with van der Waals surface area (Å²) in [6.45, 7) is 4.57. The predicted octanol–water partition coefficient (Wildman–Crippen LogP) is 0.374. The molecule has 2 rings (SSSR count). The number of nitrogens with zero attached hydrogens (tertiary/aromatic N) is 1. The second-order valence-electron chi connectivity index (χ2n) is 5.60. The summed E-state index contributed by atoms with van der Waals surface area (Å²) in [4.78, 5) is 16.3. The summed E-state index contributed by atoms with van der Waals surface area (Å²) < 4.78 is 5.93. The third-order valence-electron chi connectivity index (χ3n) is 3.81. The SMILES string of the molecule is CC(=O)ON1CCCCC1OCC1(N)CCNCC1. The van der Waals surface area contributed by atoms with Crippen molar-refractivity contribution in [3.8, 4) is 0 Å². The van der Waals surface area contributed by atoms with Crippen molar-refractivity contribution in [1.29, 1.82) is 0 Å². The van der Waals surface area contributed by atoms with Crippen LogP contribution in [0.5, 0.6) is 0 Å². The normalized spacial score (nSPS) is 28.0. The average molecular weight is 271 g/mol. The zero-order valence-corrected chi connectivity index (χ0v) is 11.7. The molecule has 1 atom stereocenters. The van der Waals surface area contributed by atoms with Crippen LogP contribution in [0, 0.1) is 0 Å². The molecule has 0 aromatic heterocycles. The molecule has 0 amide bonds. The molecule has 0 saturated carbocycles. The molecule has 2 aliphatic heterocycles. The first-order valence-corrected chi connectivity index (χ1v) is 7.15. The summed E-state index contributed by atoms with van der Waals surface area (Å²) in [6.07, 6.45) is 4.72. The van der Waals surface area contributed by atoms with Gasteiger partial charge in [0.25, 0.3) is 0 Å². The molecule has 2 aliphatic rings. The number of ether oxygens (including phenoxy) is 1. The van der Waals surface area contributed by atoms with Crippen LogP contribution < -0.4 is 11.1 Å². The largest absolute Gasteiger partial charge is 0.366 e. The standard InChI is InChI=1S/C13H25N3O3/c1-11(17)19-16-9-3-2-4-12(16)18-10-13(14)5-7-15-8-6-13/h12,15H,2-10,14H2,1H3. The molecule has 0 aliphatic carbocycles. The van der Waals surface area contributed by atoms with Crippen molar-refractivity contribution in [2.75, 3.05) is 26.2 Å². The van der Waals surface area contributed by atoms with E-state index in [4.69, 9.17) is 15.3 Å². The molecule has 110 valence electrons. The lowest BCUT2D eigenvalue weighted by molar-refractivity contribution is -0.255. The number of piperidine rings is 2. The van der Waals surface area contributed by atoms with E-state index in [-0.39, 0.29) is 17.7 Å². The molecule has 19 heavy (non-hydrogen) atoms. The molecule has 2 saturated heterocycles. The van der Waals surface area contributed by atoms with E-state index in [0.717, 1.165) is 51.7 Å². The summed E-state index contributed by atoms with van der Waals surface area (Å²) in [5, 5.41) is 4.96. The summed E-state index contributed by atoms with van der Waals surface area (Å²) in [7, 11) is 0. The van der Waals surface area contributed by atoms with Crippen molar-refractivity contribution in [3.63, 3.8) is 0 Å². The van der Waals surface area contributed by atoms with E-state index in [9.17, 15) is 4.79 Å². The van der Waals surface area contributed by atoms with Crippen molar-refractivity contribution >= 4 is 5.97 Å². The van der Waals surface area contributed by atoms with Gasteiger partial charge in [-0.15, -0.1) is 5.06 Å². The molecule has 0 radical (unpaired) electrons. The highest BCUT2D eigenvalue weighted by molar-refractivity contribution is 5.65. The zero-order valence-electron chi connectivity index (χ0n) is 11.7. The minimum Gasteiger partial charge on any atom is -0.366 e. The average Bonchev–Trinajstić information content (AvgIpc) is 2.38. The van der Waals surface area contributed by atoms with E-state index in [1.54, 1.807) is 5.06 Å². The summed E-state index contributed by atoms with van der Waals surface area (Å²) in [5.41, 5.74) is 6.09. The van der Waals surface area contributed by atoms with E-state index in [2.05, 4.69) is 5.32 Å². The second-order valence-corrected chi connectivity index (χ2v) is 5.60. The molecule has 2 fully saturated rings. The summed E-state index contributed by atoms with van der Waals surface area (Å²) in [5.74, 6) is -0.292. The van der Waals surface area contributed by atoms with Gasteiger partial charge in [0, 0.05) is 19.0 Å². The Balaban J connectivity index is 1.83. The van der Waals surface area contributed by atoms with Crippen LogP contribution in [0.25, 0.3) is 0 Å². The highest BCUT2D eigenvalue weighted by Gasteiger charge is 2.32. The molecule has 6 nitrogen and oxygen atoms in total. The van der Waals surface area contributed by atoms with E-state index in [1.807, 2.05) is 0 Å². The third kappa shape index (κ3) is 4.42. The Kier molecular flexibility index (Phi) is 5.15. The number of nitrogens with one attached hydrogen (secondary N) is 1. The number of hydrogen-bond acceptors (Lipinski definition) is 6. The van der Waals surface area contributed by atoms with Gasteiger partial charge in [-0.05, 0) is 45.2 Å². The fourth-order valence-electron chi connectivity index (χ4n) is 2.64. The molecule has 2 heterocycles. The first kappa shape index (κ1) is 14.7. The molecule has 0 aromatic rings. The number of hydroxylamine groups is 2. The Hall–Kier alpha value is -0.690. The smallest absolute Gasteiger partial charge is 0.322 e. The number of rotatable bonds is 4. The Bertz CT molecular complexity index is 306. The number of carbonyl (C=O) groups excluding carboxylic acids is 1. The Morgan fingerprint density at radius 3 is 2.84 bits per heavy atom. The van der Waals surface area contributed by atoms with Crippen molar-refractivity contribution < 1.29 is 14.4 Å². The molecular formula is C13H25N3O3. The highest BCUT2D eigenvalue weighted by atomic mass is 16.7. The van der Waals surface area contributed by atoms with Gasteiger partial charge in [-0.3, -0.25) is 4.79 Å². The fraction of sp³-hybridized carbons (Fsp3) is 0.923. The lowest BCUT2D eigenvalue weighted by Gasteiger charge is -2.38. The van der Waals surface area contributed by atoms with Crippen molar-refractivity contribution in [3.05, 3.63) is 0 Å². The minimum absolute atomic E-state index is 0.145.